The normalized spacial score (nSPS) is 22.4. The number of carbonyl (C=O) groups excluding carboxylic acids is 1. The molecule has 7 heteroatoms. The number of likely N-dealkylation sites (tertiary alicyclic amines) is 1. The third-order valence-electron chi connectivity index (χ3n) is 4.33. The van der Waals surface area contributed by atoms with Crippen LogP contribution >= 0.6 is 23.2 Å². The molecule has 1 atom stereocenters. The van der Waals surface area contributed by atoms with Gasteiger partial charge in [-0.05, 0) is 25.3 Å². The third kappa shape index (κ3) is 2.77. The Balaban J connectivity index is 2.27. The molecule has 0 radical (unpaired) electrons. The van der Waals surface area contributed by atoms with E-state index >= 15 is 0 Å². The first kappa shape index (κ1) is 16.2. The average molecular weight is 333 g/mol. The monoisotopic (exact) mass is 332 g/mol. The van der Waals surface area contributed by atoms with Crippen molar-refractivity contribution in [1.82, 2.24) is 9.47 Å². The Morgan fingerprint density at radius 2 is 2.10 bits per heavy atom. The molecule has 1 N–H and O–H groups in total. The lowest BCUT2D eigenvalue weighted by atomic mass is 9.77. The summed E-state index contributed by atoms with van der Waals surface area (Å²) in [5, 5.41) is 10.1. The van der Waals surface area contributed by atoms with Gasteiger partial charge in [0.25, 0.3) is 5.91 Å². The number of carboxylic acid groups (broad SMARTS) is 1. The van der Waals surface area contributed by atoms with Crippen LogP contribution in [0.25, 0.3) is 0 Å². The number of carboxylic acids is 1. The molecular formula is C14H18Cl2N2O3. The number of nitrogens with zero attached hydrogens (tertiary/aromatic N) is 2. The van der Waals surface area contributed by atoms with Crippen molar-refractivity contribution in [3.05, 3.63) is 21.9 Å². The molecule has 1 aromatic rings. The van der Waals surface area contributed by atoms with Gasteiger partial charge in [-0.25, -0.2) is 0 Å². The molecule has 5 nitrogen and oxygen atoms in total. The number of hydrogen-bond acceptors (Lipinski definition) is 2. The Labute approximate surface area is 133 Å². The van der Waals surface area contributed by atoms with E-state index in [2.05, 4.69) is 0 Å². The zero-order valence-electron chi connectivity index (χ0n) is 12.0. The maximum absolute atomic E-state index is 12.6. The number of halogens is 2. The molecule has 1 aliphatic heterocycles. The van der Waals surface area contributed by atoms with Crippen LogP contribution in [-0.2, 0) is 11.8 Å². The summed E-state index contributed by atoms with van der Waals surface area (Å²) in [7, 11) is 1.66. The van der Waals surface area contributed by atoms with Gasteiger partial charge in [0.15, 0.2) is 0 Å². The molecule has 1 fully saturated rings. The van der Waals surface area contributed by atoms with E-state index in [1.165, 1.54) is 10.6 Å². The first-order chi connectivity index (χ1) is 9.82. The van der Waals surface area contributed by atoms with Crippen molar-refractivity contribution in [2.45, 2.75) is 26.2 Å². The highest BCUT2D eigenvalue weighted by Crippen LogP contribution is 2.35. The van der Waals surface area contributed by atoms with Crippen LogP contribution in [0.3, 0.4) is 0 Å². The van der Waals surface area contributed by atoms with E-state index in [0.29, 0.717) is 41.7 Å². The van der Waals surface area contributed by atoms with Gasteiger partial charge in [-0.15, -0.1) is 0 Å². The zero-order valence-corrected chi connectivity index (χ0v) is 13.5. The van der Waals surface area contributed by atoms with Gasteiger partial charge in [-0.1, -0.05) is 30.1 Å². The standard InChI is InChI=1S/C14H18Cl2N2O3/c1-3-14(13(20)21)5-4-6-18(8-14)12(19)10-7-9(15)11(16)17(10)2/h7H,3-6,8H2,1-2H3,(H,20,21). The van der Waals surface area contributed by atoms with Crippen molar-refractivity contribution in [3.8, 4) is 0 Å². The van der Waals surface area contributed by atoms with Crippen molar-refractivity contribution in [1.29, 1.82) is 0 Å². The Hall–Kier alpha value is -1.20. The van der Waals surface area contributed by atoms with Crippen LogP contribution < -0.4 is 0 Å². The summed E-state index contributed by atoms with van der Waals surface area (Å²) < 4.78 is 1.52. The topological polar surface area (TPSA) is 62.5 Å². The van der Waals surface area contributed by atoms with Crippen LogP contribution in [0.15, 0.2) is 6.07 Å². The first-order valence-corrected chi connectivity index (χ1v) is 7.61. The third-order valence-corrected chi connectivity index (χ3v) is 5.17. The molecule has 1 aromatic heterocycles. The number of amides is 1. The summed E-state index contributed by atoms with van der Waals surface area (Å²) in [5.74, 6) is -1.07. The van der Waals surface area contributed by atoms with Gasteiger partial charge in [-0.2, -0.15) is 0 Å². The van der Waals surface area contributed by atoms with Crippen molar-refractivity contribution >= 4 is 35.1 Å². The number of piperidine rings is 1. The minimum atomic E-state index is -0.855. The molecular weight excluding hydrogens is 315 g/mol. The van der Waals surface area contributed by atoms with Crippen LogP contribution in [0.1, 0.15) is 36.7 Å². The smallest absolute Gasteiger partial charge is 0.311 e. The van der Waals surface area contributed by atoms with E-state index in [-0.39, 0.29) is 12.5 Å². The summed E-state index contributed by atoms with van der Waals surface area (Å²) in [6.45, 7) is 2.62. The highest BCUT2D eigenvalue weighted by Gasteiger charge is 2.42. The summed E-state index contributed by atoms with van der Waals surface area (Å²) in [5.41, 5.74) is -0.477. The van der Waals surface area contributed by atoms with Crippen LogP contribution in [-0.4, -0.2) is 39.5 Å². The maximum atomic E-state index is 12.6. The minimum Gasteiger partial charge on any atom is -0.481 e. The van der Waals surface area contributed by atoms with Crippen LogP contribution in [0, 0.1) is 5.41 Å². The van der Waals surface area contributed by atoms with E-state index in [1.807, 2.05) is 6.92 Å². The molecule has 0 bridgehead atoms. The average Bonchev–Trinajstić information content (AvgIpc) is 2.74. The molecule has 1 amide bonds. The molecule has 1 saturated heterocycles. The fourth-order valence-corrected chi connectivity index (χ4v) is 3.20. The Morgan fingerprint density at radius 1 is 1.43 bits per heavy atom. The van der Waals surface area contributed by atoms with Gasteiger partial charge in [0.1, 0.15) is 10.8 Å². The minimum absolute atomic E-state index is 0.220. The highest BCUT2D eigenvalue weighted by atomic mass is 35.5. The molecule has 21 heavy (non-hydrogen) atoms. The van der Waals surface area contributed by atoms with Crippen molar-refractivity contribution in [2.24, 2.45) is 12.5 Å². The highest BCUT2D eigenvalue weighted by molar-refractivity contribution is 6.41. The van der Waals surface area contributed by atoms with Crippen molar-refractivity contribution in [2.75, 3.05) is 13.1 Å². The maximum Gasteiger partial charge on any atom is 0.311 e. The lowest BCUT2D eigenvalue weighted by Crippen LogP contribution is -2.49. The van der Waals surface area contributed by atoms with E-state index in [4.69, 9.17) is 23.2 Å². The Kier molecular flexibility index (Phi) is 4.54. The van der Waals surface area contributed by atoms with Crippen molar-refractivity contribution in [3.63, 3.8) is 0 Å². The number of carbonyl (C=O) groups is 2. The molecule has 1 unspecified atom stereocenters. The zero-order chi connectivity index (χ0) is 15.8. The fourth-order valence-electron chi connectivity index (χ4n) is 2.83. The van der Waals surface area contributed by atoms with Crippen LogP contribution in [0.2, 0.25) is 10.2 Å². The summed E-state index contributed by atoms with van der Waals surface area (Å²) in [4.78, 5) is 25.7. The number of rotatable bonds is 3. The predicted octanol–water partition coefficient (Wildman–Crippen LogP) is 3.05. The van der Waals surface area contributed by atoms with Gasteiger partial charge in [0, 0.05) is 20.1 Å². The second kappa shape index (κ2) is 5.89. The predicted molar refractivity (Wildman–Crippen MR) is 80.9 cm³/mol. The van der Waals surface area contributed by atoms with Gasteiger partial charge in [0.05, 0.1) is 10.4 Å². The second-order valence-corrected chi connectivity index (χ2v) is 6.26. The lowest BCUT2D eigenvalue weighted by molar-refractivity contribution is -0.152. The summed E-state index contributed by atoms with van der Waals surface area (Å²) >= 11 is 11.9. The van der Waals surface area contributed by atoms with Gasteiger partial charge >= 0.3 is 5.97 Å². The van der Waals surface area contributed by atoms with Gasteiger partial charge in [0.2, 0.25) is 0 Å². The molecule has 0 spiro atoms. The Bertz CT molecular complexity index is 585. The SMILES string of the molecule is CCC1(C(=O)O)CCCN(C(=O)c2cc(Cl)c(Cl)n2C)C1. The largest absolute Gasteiger partial charge is 0.481 e. The molecule has 2 heterocycles. The molecule has 1 aliphatic rings. The molecule has 0 aliphatic carbocycles. The quantitative estimate of drug-likeness (QED) is 0.925. The van der Waals surface area contributed by atoms with Crippen LogP contribution in [0.5, 0.6) is 0 Å². The molecule has 116 valence electrons. The van der Waals surface area contributed by atoms with E-state index < -0.39 is 11.4 Å². The van der Waals surface area contributed by atoms with Crippen LogP contribution in [0.4, 0.5) is 0 Å². The van der Waals surface area contributed by atoms with Gasteiger partial charge < -0.3 is 14.6 Å². The second-order valence-electron chi connectivity index (χ2n) is 5.50. The summed E-state index contributed by atoms with van der Waals surface area (Å²) in [6.07, 6.45) is 1.77. The molecule has 0 saturated carbocycles. The van der Waals surface area contributed by atoms with E-state index in [1.54, 1.807) is 11.9 Å². The number of hydrogen-bond donors (Lipinski definition) is 1. The number of aliphatic carboxylic acids is 1. The Morgan fingerprint density at radius 3 is 2.57 bits per heavy atom. The van der Waals surface area contributed by atoms with E-state index in [9.17, 15) is 14.7 Å². The molecule has 2 rings (SSSR count). The fraction of sp³-hybridized carbons (Fsp3) is 0.571. The van der Waals surface area contributed by atoms with Gasteiger partial charge in [-0.3, -0.25) is 9.59 Å². The summed E-state index contributed by atoms with van der Waals surface area (Å²) in [6, 6.07) is 1.52. The first-order valence-electron chi connectivity index (χ1n) is 6.86. The van der Waals surface area contributed by atoms with E-state index in [0.717, 1.165) is 0 Å². The number of aromatic nitrogens is 1. The van der Waals surface area contributed by atoms with Crippen molar-refractivity contribution < 1.29 is 14.7 Å². The molecule has 0 aromatic carbocycles. The lowest BCUT2D eigenvalue weighted by Gasteiger charge is -2.39.